The number of hydrogen-bond donors (Lipinski definition) is 0. The number of fused-ring (bicyclic) bond motifs is 1. The molecule has 0 aromatic carbocycles. The van der Waals surface area contributed by atoms with Gasteiger partial charge in [0, 0.05) is 56.6 Å². The summed E-state index contributed by atoms with van der Waals surface area (Å²) in [5.41, 5.74) is 2.36. The summed E-state index contributed by atoms with van der Waals surface area (Å²) < 4.78 is 7.28. The summed E-state index contributed by atoms with van der Waals surface area (Å²) in [6, 6.07) is 5.89. The van der Waals surface area contributed by atoms with Crippen LogP contribution in [0.25, 0.3) is 0 Å². The largest absolute Gasteiger partial charge is 0.461 e. The molecule has 2 aromatic rings. The Hall–Kier alpha value is -2.90. The van der Waals surface area contributed by atoms with Crippen molar-refractivity contribution in [2.24, 2.45) is 11.8 Å². The van der Waals surface area contributed by atoms with Crippen LogP contribution >= 0.6 is 0 Å². The molecule has 1 saturated carbocycles. The van der Waals surface area contributed by atoms with Crippen LogP contribution in [0, 0.1) is 11.8 Å². The van der Waals surface area contributed by atoms with Gasteiger partial charge in [0.05, 0.1) is 12.5 Å². The molecule has 1 aliphatic carbocycles. The van der Waals surface area contributed by atoms with Crippen LogP contribution in [-0.2, 0) is 29.0 Å². The van der Waals surface area contributed by atoms with Gasteiger partial charge in [-0.2, -0.15) is 5.10 Å². The average molecular weight is 438 g/mol. The zero-order valence-electron chi connectivity index (χ0n) is 18.7. The summed E-state index contributed by atoms with van der Waals surface area (Å²) in [4.78, 5) is 34.7. The van der Waals surface area contributed by atoms with E-state index in [0.717, 1.165) is 49.4 Å². The van der Waals surface area contributed by atoms with Gasteiger partial charge in [-0.3, -0.25) is 9.48 Å². The quantitative estimate of drug-likeness (QED) is 0.647. The van der Waals surface area contributed by atoms with E-state index in [-0.39, 0.29) is 17.8 Å². The summed E-state index contributed by atoms with van der Waals surface area (Å²) in [7, 11) is 0. The van der Waals surface area contributed by atoms with E-state index >= 15 is 0 Å². The van der Waals surface area contributed by atoms with Gasteiger partial charge in [0.15, 0.2) is 5.69 Å². The predicted molar refractivity (Wildman–Crippen MR) is 119 cm³/mol. The first-order valence-electron chi connectivity index (χ1n) is 11.8. The Labute approximate surface area is 188 Å². The van der Waals surface area contributed by atoms with Gasteiger partial charge in [-0.05, 0) is 50.7 Å². The third-order valence-electron chi connectivity index (χ3n) is 6.79. The van der Waals surface area contributed by atoms with Gasteiger partial charge in [-0.25, -0.2) is 9.78 Å². The number of aromatic nitrogens is 3. The van der Waals surface area contributed by atoms with Gasteiger partial charge in [0.2, 0.25) is 5.91 Å². The van der Waals surface area contributed by atoms with Crippen LogP contribution in [0.5, 0.6) is 0 Å². The van der Waals surface area contributed by atoms with Crippen molar-refractivity contribution < 1.29 is 14.3 Å². The molecule has 5 rings (SSSR count). The molecule has 8 nitrogen and oxygen atoms in total. The number of ether oxygens (including phenoxy) is 1. The zero-order valence-corrected chi connectivity index (χ0v) is 18.7. The van der Waals surface area contributed by atoms with Crippen molar-refractivity contribution in [3.63, 3.8) is 0 Å². The highest BCUT2D eigenvalue weighted by atomic mass is 16.5. The summed E-state index contributed by atoms with van der Waals surface area (Å²) in [5, 5.41) is 4.64. The Bertz CT molecular complexity index is 985. The monoisotopic (exact) mass is 437 g/mol. The third-order valence-corrected chi connectivity index (χ3v) is 6.79. The van der Waals surface area contributed by atoms with E-state index in [2.05, 4.69) is 15.0 Å². The Morgan fingerprint density at radius 3 is 2.81 bits per heavy atom. The standard InChI is InChI=1S/C24H31N5O3/c1-2-32-24(31)22-19-16-28(13-10-20(19)29(26-22)14-17-8-9-17)23(30)18-6-5-12-27(15-18)21-7-3-4-11-25-21/h3-4,7,11,17-18H,2,5-6,8-10,12-16H2,1H3/t18-/m0/s1. The number of piperidine rings is 1. The molecule has 1 amide bonds. The number of hydrogen-bond acceptors (Lipinski definition) is 6. The smallest absolute Gasteiger partial charge is 0.359 e. The zero-order chi connectivity index (χ0) is 22.1. The summed E-state index contributed by atoms with van der Waals surface area (Å²) >= 11 is 0. The first kappa shape index (κ1) is 21.0. The first-order valence-corrected chi connectivity index (χ1v) is 11.8. The molecule has 3 aliphatic rings. The number of carbonyl (C=O) groups is 2. The maximum atomic E-state index is 13.5. The molecule has 0 bridgehead atoms. The number of anilines is 1. The molecule has 0 unspecified atom stereocenters. The van der Waals surface area contributed by atoms with Gasteiger partial charge in [-0.15, -0.1) is 0 Å². The van der Waals surface area contributed by atoms with E-state index in [9.17, 15) is 9.59 Å². The van der Waals surface area contributed by atoms with Crippen LogP contribution < -0.4 is 4.90 Å². The lowest BCUT2D eigenvalue weighted by Gasteiger charge is -2.36. The van der Waals surface area contributed by atoms with Crippen molar-refractivity contribution in [2.45, 2.75) is 52.1 Å². The van der Waals surface area contributed by atoms with Gasteiger partial charge in [0.1, 0.15) is 5.82 Å². The van der Waals surface area contributed by atoms with E-state index in [0.29, 0.717) is 37.9 Å². The number of carbonyl (C=O) groups excluding carboxylic acids is 2. The topological polar surface area (TPSA) is 80.6 Å². The van der Waals surface area contributed by atoms with Crippen LogP contribution in [0.4, 0.5) is 5.82 Å². The minimum atomic E-state index is -0.383. The highest BCUT2D eigenvalue weighted by Crippen LogP contribution is 2.33. The number of nitrogens with zero attached hydrogens (tertiary/aromatic N) is 5. The Morgan fingerprint density at radius 1 is 1.19 bits per heavy atom. The Balaban J connectivity index is 1.33. The summed E-state index contributed by atoms with van der Waals surface area (Å²) in [6.07, 6.45) is 6.83. The molecule has 2 aliphatic heterocycles. The van der Waals surface area contributed by atoms with Crippen LogP contribution in [0.3, 0.4) is 0 Å². The molecular formula is C24H31N5O3. The second-order valence-electron chi connectivity index (χ2n) is 9.10. The first-order chi connectivity index (χ1) is 15.6. The summed E-state index contributed by atoms with van der Waals surface area (Å²) in [5.74, 6) is 1.32. The molecule has 2 aromatic heterocycles. The molecule has 0 radical (unpaired) electrons. The molecule has 4 heterocycles. The molecule has 2 fully saturated rings. The fourth-order valence-corrected chi connectivity index (χ4v) is 4.92. The van der Waals surface area contributed by atoms with Crippen molar-refractivity contribution in [1.82, 2.24) is 19.7 Å². The van der Waals surface area contributed by atoms with Crippen molar-refractivity contribution in [3.8, 4) is 0 Å². The van der Waals surface area contributed by atoms with E-state index in [1.54, 1.807) is 13.1 Å². The normalized spacial score (nSPS) is 20.7. The molecule has 8 heteroatoms. The second-order valence-corrected chi connectivity index (χ2v) is 9.10. The predicted octanol–water partition coefficient (Wildman–Crippen LogP) is 2.67. The number of rotatable bonds is 6. The SMILES string of the molecule is CCOC(=O)c1nn(CC2CC2)c2c1CN(C(=O)[C@H]1CCCN(c3ccccn3)C1)CC2. The maximum Gasteiger partial charge on any atom is 0.359 e. The number of esters is 1. The van der Waals surface area contributed by atoms with E-state index in [4.69, 9.17) is 4.74 Å². The van der Waals surface area contributed by atoms with Crippen LogP contribution in [0.1, 0.15) is 54.4 Å². The minimum absolute atomic E-state index is 0.0557. The van der Waals surface area contributed by atoms with Crippen LogP contribution in [-0.4, -0.2) is 57.8 Å². The lowest BCUT2D eigenvalue weighted by atomic mass is 9.95. The van der Waals surface area contributed by atoms with Crippen molar-refractivity contribution in [1.29, 1.82) is 0 Å². The van der Waals surface area contributed by atoms with Crippen LogP contribution in [0.15, 0.2) is 24.4 Å². The van der Waals surface area contributed by atoms with Gasteiger partial charge in [-0.1, -0.05) is 6.07 Å². The molecule has 0 spiro atoms. The fraction of sp³-hybridized carbons (Fsp3) is 0.583. The van der Waals surface area contributed by atoms with E-state index in [1.807, 2.05) is 27.8 Å². The molecule has 1 saturated heterocycles. The number of amides is 1. The highest BCUT2D eigenvalue weighted by molar-refractivity contribution is 5.89. The second kappa shape index (κ2) is 8.92. The van der Waals surface area contributed by atoms with Gasteiger partial charge < -0.3 is 14.5 Å². The Morgan fingerprint density at radius 2 is 2.06 bits per heavy atom. The molecule has 32 heavy (non-hydrogen) atoms. The Kier molecular flexibility index (Phi) is 5.85. The van der Waals surface area contributed by atoms with Crippen LogP contribution in [0.2, 0.25) is 0 Å². The van der Waals surface area contributed by atoms with E-state index < -0.39 is 0 Å². The molecular weight excluding hydrogens is 406 g/mol. The third kappa shape index (κ3) is 4.23. The highest BCUT2D eigenvalue weighted by Gasteiger charge is 2.36. The van der Waals surface area contributed by atoms with Crippen molar-refractivity contribution in [3.05, 3.63) is 41.3 Å². The molecule has 1 atom stereocenters. The maximum absolute atomic E-state index is 13.5. The lowest BCUT2D eigenvalue weighted by molar-refractivity contribution is -0.136. The number of pyridine rings is 1. The van der Waals surface area contributed by atoms with Crippen molar-refractivity contribution >= 4 is 17.7 Å². The minimum Gasteiger partial charge on any atom is -0.461 e. The van der Waals surface area contributed by atoms with Gasteiger partial charge >= 0.3 is 5.97 Å². The van der Waals surface area contributed by atoms with E-state index in [1.165, 1.54) is 12.8 Å². The summed E-state index contributed by atoms with van der Waals surface area (Å²) in [6.45, 7) is 5.70. The average Bonchev–Trinajstić information content (AvgIpc) is 3.58. The molecule has 170 valence electrons. The fourth-order valence-electron chi connectivity index (χ4n) is 4.92. The lowest BCUT2D eigenvalue weighted by Crippen LogP contribution is -2.46. The molecule has 0 N–H and O–H groups in total. The van der Waals surface area contributed by atoms with Gasteiger partial charge in [0.25, 0.3) is 0 Å². The van der Waals surface area contributed by atoms with Crippen molar-refractivity contribution in [2.75, 3.05) is 31.1 Å².